The molecule has 0 saturated heterocycles. The van der Waals surface area contributed by atoms with E-state index in [1.165, 1.54) is 128 Å². The molecule has 0 aromatic rings. The molecule has 0 aliphatic rings. The smallest absolute Gasteiger partial charge is 0.305 e. The van der Waals surface area contributed by atoms with Crippen LogP contribution in [0.4, 0.5) is 0 Å². The molecule has 0 aliphatic carbocycles. The fourth-order valence-corrected chi connectivity index (χ4v) is 4.84. The average Bonchev–Trinajstić information content (AvgIpc) is 2.94. The van der Waals surface area contributed by atoms with Gasteiger partial charge >= 0.3 is 11.9 Å². The third-order valence-electron chi connectivity index (χ3n) is 7.55. The standard InChI is InChI=1S/C18H36O2.C17H34O4/c1-17(2)15-13-11-9-7-5-3-4-6-8-10-12-14-16-18(19)20;1-2-3-4-5-6-7-8-9-10-11-12-13-17(20)21-15-16(19)14-18/h17H,3-16H2,1-2H3,(H,19,20);16,18-19H,2-15H2,1H3. The minimum Gasteiger partial charge on any atom is -0.481 e. The third-order valence-corrected chi connectivity index (χ3v) is 7.55. The van der Waals surface area contributed by atoms with E-state index in [1.54, 1.807) is 0 Å². The maximum atomic E-state index is 11.3. The van der Waals surface area contributed by atoms with Crippen molar-refractivity contribution in [2.75, 3.05) is 13.2 Å². The van der Waals surface area contributed by atoms with E-state index in [2.05, 4.69) is 20.8 Å². The van der Waals surface area contributed by atoms with E-state index in [4.69, 9.17) is 20.1 Å². The third kappa shape index (κ3) is 41.1. The van der Waals surface area contributed by atoms with Crippen LogP contribution in [0, 0.1) is 5.92 Å². The van der Waals surface area contributed by atoms with Gasteiger partial charge < -0.3 is 20.1 Å². The number of carboxylic acid groups (broad SMARTS) is 1. The van der Waals surface area contributed by atoms with E-state index in [1.807, 2.05) is 0 Å². The Morgan fingerprint density at radius 3 is 1.32 bits per heavy atom. The summed E-state index contributed by atoms with van der Waals surface area (Å²) in [5.41, 5.74) is 0. The molecule has 0 heterocycles. The van der Waals surface area contributed by atoms with Crippen LogP contribution in [0.2, 0.25) is 0 Å². The van der Waals surface area contributed by atoms with Crippen molar-refractivity contribution >= 4 is 11.9 Å². The number of esters is 1. The molecule has 41 heavy (non-hydrogen) atoms. The van der Waals surface area contributed by atoms with Crippen molar-refractivity contribution in [1.82, 2.24) is 0 Å². The van der Waals surface area contributed by atoms with Crippen molar-refractivity contribution in [2.45, 2.75) is 194 Å². The monoisotopic (exact) mass is 587 g/mol. The van der Waals surface area contributed by atoms with Gasteiger partial charge in [0.2, 0.25) is 0 Å². The lowest BCUT2D eigenvalue weighted by molar-refractivity contribution is -0.147. The first kappa shape index (κ1) is 42.0. The number of ether oxygens (including phenoxy) is 1. The van der Waals surface area contributed by atoms with Crippen LogP contribution in [0.25, 0.3) is 0 Å². The quantitative estimate of drug-likeness (QED) is 0.0571. The normalized spacial score (nSPS) is 11.8. The number of aliphatic hydroxyl groups is 2. The lowest BCUT2D eigenvalue weighted by Crippen LogP contribution is -2.21. The average molecular weight is 587 g/mol. The van der Waals surface area contributed by atoms with E-state index in [0.717, 1.165) is 31.6 Å². The number of unbranched alkanes of at least 4 members (excludes halogenated alkanes) is 21. The van der Waals surface area contributed by atoms with E-state index in [0.29, 0.717) is 12.8 Å². The second-order valence-electron chi connectivity index (χ2n) is 12.4. The van der Waals surface area contributed by atoms with Crippen LogP contribution in [0.5, 0.6) is 0 Å². The number of rotatable bonds is 30. The van der Waals surface area contributed by atoms with Crippen molar-refractivity contribution in [3.8, 4) is 0 Å². The Labute approximate surface area is 254 Å². The van der Waals surface area contributed by atoms with Gasteiger partial charge in [0.25, 0.3) is 0 Å². The Morgan fingerprint density at radius 1 is 0.585 bits per heavy atom. The summed E-state index contributed by atoms with van der Waals surface area (Å²) in [6.45, 7) is 6.38. The summed E-state index contributed by atoms with van der Waals surface area (Å²) < 4.78 is 4.84. The highest BCUT2D eigenvalue weighted by Crippen LogP contribution is 2.15. The van der Waals surface area contributed by atoms with Crippen molar-refractivity contribution in [3.63, 3.8) is 0 Å². The Balaban J connectivity index is 0. The number of aliphatic carboxylic acids is 1. The summed E-state index contributed by atoms with van der Waals surface area (Å²) in [6, 6.07) is 0. The molecule has 0 fully saturated rings. The van der Waals surface area contributed by atoms with Crippen molar-refractivity contribution in [2.24, 2.45) is 5.92 Å². The SMILES string of the molecule is CC(C)CCCCCCCCCCCCCCC(=O)O.CCCCCCCCCCCCCC(=O)OCC(O)CO. The topological polar surface area (TPSA) is 104 Å². The predicted octanol–water partition coefficient (Wildman–Crippen LogP) is 9.77. The molecule has 0 amide bonds. The number of aliphatic hydroxyl groups excluding tert-OH is 2. The van der Waals surface area contributed by atoms with Crippen LogP contribution in [-0.4, -0.2) is 46.6 Å². The van der Waals surface area contributed by atoms with Gasteiger partial charge in [-0.3, -0.25) is 9.59 Å². The molecular formula is C35H70O6. The second kappa shape index (κ2) is 35.1. The Bertz CT molecular complexity index is 537. The summed E-state index contributed by atoms with van der Waals surface area (Å²) in [5.74, 6) is -0.0673. The van der Waals surface area contributed by atoms with E-state index in [-0.39, 0.29) is 19.2 Å². The zero-order valence-corrected chi connectivity index (χ0v) is 27.5. The molecule has 0 radical (unpaired) electrons. The Kier molecular flexibility index (Phi) is 35.9. The molecule has 0 spiro atoms. The molecule has 246 valence electrons. The molecule has 1 unspecified atom stereocenters. The first-order valence-corrected chi connectivity index (χ1v) is 17.5. The van der Waals surface area contributed by atoms with Crippen molar-refractivity contribution in [3.05, 3.63) is 0 Å². The minimum atomic E-state index is -0.953. The highest BCUT2D eigenvalue weighted by Gasteiger charge is 2.07. The summed E-state index contributed by atoms with van der Waals surface area (Å²) in [6.07, 6.45) is 30.6. The molecule has 0 bridgehead atoms. The zero-order chi connectivity index (χ0) is 30.8. The largest absolute Gasteiger partial charge is 0.481 e. The molecule has 0 aromatic carbocycles. The number of hydrogen-bond donors (Lipinski definition) is 3. The zero-order valence-electron chi connectivity index (χ0n) is 27.5. The fourth-order valence-electron chi connectivity index (χ4n) is 4.84. The second-order valence-corrected chi connectivity index (χ2v) is 12.4. The van der Waals surface area contributed by atoms with Crippen LogP contribution in [0.15, 0.2) is 0 Å². The lowest BCUT2D eigenvalue weighted by Gasteiger charge is -2.08. The van der Waals surface area contributed by atoms with Gasteiger partial charge in [-0.05, 0) is 18.8 Å². The molecule has 0 rings (SSSR count). The molecule has 6 nitrogen and oxygen atoms in total. The van der Waals surface area contributed by atoms with E-state index < -0.39 is 12.1 Å². The number of carbonyl (C=O) groups is 2. The van der Waals surface area contributed by atoms with Crippen molar-refractivity contribution < 1.29 is 29.6 Å². The molecular weight excluding hydrogens is 516 g/mol. The predicted molar refractivity (Wildman–Crippen MR) is 172 cm³/mol. The minimum absolute atomic E-state index is 0.104. The first-order chi connectivity index (χ1) is 19.8. The van der Waals surface area contributed by atoms with Gasteiger partial charge in [-0.1, -0.05) is 162 Å². The van der Waals surface area contributed by atoms with Gasteiger partial charge in [-0.15, -0.1) is 0 Å². The summed E-state index contributed by atoms with van der Waals surface area (Å²) >= 11 is 0. The summed E-state index contributed by atoms with van der Waals surface area (Å²) in [7, 11) is 0. The van der Waals surface area contributed by atoms with Crippen LogP contribution < -0.4 is 0 Å². The van der Waals surface area contributed by atoms with Gasteiger partial charge in [0.15, 0.2) is 0 Å². The van der Waals surface area contributed by atoms with Crippen LogP contribution >= 0.6 is 0 Å². The lowest BCUT2D eigenvalue weighted by atomic mass is 10.0. The molecule has 6 heteroatoms. The van der Waals surface area contributed by atoms with E-state index in [9.17, 15) is 9.59 Å². The summed E-state index contributed by atoms with van der Waals surface area (Å²) in [4.78, 5) is 21.6. The van der Waals surface area contributed by atoms with E-state index >= 15 is 0 Å². The van der Waals surface area contributed by atoms with Gasteiger partial charge in [0.1, 0.15) is 12.7 Å². The van der Waals surface area contributed by atoms with Crippen LogP contribution in [0.1, 0.15) is 188 Å². The number of carboxylic acids is 1. The Morgan fingerprint density at radius 2 is 0.951 bits per heavy atom. The molecule has 3 N–H and O–H groups in total. The molecule has 0 aromatic heterocycles. The van der Waals surface area contributed by atoms with Gasteiger partial charge in [-0.2, -0.15) is 0 Å². The number of carbonyl (C=O) groups excluding carboxylic acids is 1. The van der Waals surface area contributed by atoms with Crippen LogP contribution in [0.3, 0.4) is 0 Å². The maximum Gasteiger partial charge on any atom is 0.305 e. The highest BCUT2D eigenvalue weighted by molar-refractivity contribution is 5.69. The van der Waals surface area contributed by atoms with Crippen LogP contribution in [-0.2, 0) is 14.3 Å². The molecule has 1 atom stereocenters. The summed E-state index contributed by atoms with van der Waals surface area (Å²) in [5, 5.41) is 26.1. The first-order valence-electron chi connectivity index (χ1n) is 17.5. The van der Waals surface area contributed by atoms with Gasteiger partial charge in [-0.25, -0.2) is 0 Å². The molecule has 0 saturated carbocycles. The molecule has 0 aliphatic heterocycles. The van der Waals surface area contributed by atoms with Gasteiger partial charge in [0.05, 0.1) is 6.61 Å². The Hall–Kier alpha value is -1.14. The highest BCUT2D eigenvalue weighted by atomic mass is 16.5. The number of hydrogen-bond acceptors (Lipinski definition) is 5. The van der Waals surface area contributed by atoms with Crippen molar-refractivity contribution in [1.29, 1.82) is 0 Å². The van der Waals surface area contributed by atoms with Gasteiger partial charge in [0, 0.05) is 12.8 Å². The maximum absolute atomic E-state index is 11.3. The fraction of sp³-hybridized carbons (Fsp3) is 0.943.